The molecule has 2 heterocycles. The second-order valence-corrected chi connectivity index (χ2v) is 9.15. The van der Waals surface area contributed by atoms with Gasteiger partial charge in [0.25, 0.3) is 11.8 Å². The number of amides is 2. The van der Waals surface area contributed by atoms with Crippen molar-refractivity contribution in [3.8, 4) is 5.69 Å². The van der Waals surface area contributed by atoms with E-state index >= 15 is 0 Å². The standard InChI is InChI=1S/C24H19BrClN3O2S/c1-13-6-4-5-7-21(13)29-23(31)18(22(30)27-24(29)32)11-16-10-14(2)28(15(16)3)17-8-9-19(25)20(26)12-17/h4-12H,1-3H3,(H,27,30,32)/b18-11+. The number of anilines is 1. The molecular formula is C24H19BrClN3O2S. The van der Waals surface area contributed by atoms with Crippen molar-refractivity contribution in [3.63, 3.8) is 0 Å². The smallest absolute Gasteiger partial charge is 0.270 e. The fourth-order valence-corrected chi connectivity index (χ4v) is 4.50. The number of thiocarbonyl (C=S) groups is 1. The number of halogens is 2. The summed E-state index contributed by atoms with van der Waals surface area (Å²) >= 11 is 15.0. The summed E-state index contributed by atoms with van der Waals surface area (Å²) in [6.45, 7) is 5.79. The van der Waals surface area contributed by atoms with E-state index in [2.05, 4.69) is 21.2 Å². The molecule has 8 heteroatoms. The van der Waals surface area contributed by atoms with E-state index in [9.17, 15) is 9.59 Å². The number of carbonyl (C=O) groups excluding carboxylic acids is 2. The quantitative estimate of drug-likeness (QED) is 0.272. The third kappa shape index (κ3) is 3.92. The van der Waals surface area contributed by atoms with Crippen LogP contribution >= 0.6 is 39.7 Å². The first-order chi connectivity index (χ1) is 15.2. The van der Waals surface area contributed by atoms with Gasteiger partial charge in [0, 0.05) is 21.5 Å². The summed E-state index contributed by atoms with van der Waals surface area (Å²) < 4.78 is 2.84. The second-order valence-electron chi connectivity index (χ2n) is 7.50. The lowest BCUT2D eigenvalue weighted by atomic mass is 10.1. The van der Waals surface area contributed by atoms with Crippen LogP contribution in [-0.4, -0.2) is 21.5 Å². The highest BCUT2D eigenvalue weighted by molar-refractivity contribution is 9.10. The summed E-state index contributed by atoms with van der Waals surface area (Å²) in [6.07, 6.45) is 1.62. The van der Waals surface area contributed by atoms with Gasteiger partial charge >= 0.3 is 0 Å². The lowest BCUT2D eigenvalue weighted by Crippen LogP contribution is -2.54. The van der Waals surface area contributed by atoms with Crippen molar-refractivity contribution in [1.29, 1.82) is 0 Å². The number of nitrogens with zero attached hydrogens (tertiary/aromatic N) is 2. The van der Waals surface area contributed by atoms with E-state index < -0.39 is 11.8 Å². The molecule has 5 nitrogen and oxygen atoms in total. The minimum Gasteiger partial charge on any atom is -0.318 e. The van der Waals surface area contributed by atoms with E-state index in [0.29, 0.717) is 10.7 Å². The number of aromatic nitrogens is 1. The molecule has 32 heavy (non-hydrogen) atoms. The average molecular weight is 529 g/mol. The number of benzene rings is 2. The topological polar surface area (TPSA) is 54.3 Å². The molecule has 0 unspecified atom stereocenters. The molecule has 0 radical (unpaired) electrons. The van der Waals surface area contributed by atoms with Crippen LogP contribution < -0.4 is 10.2 Å². The Kier molecular flexibility index (Phi) is 6.07. The number of nitrogens with one attached hydrogen (secondary N) is 1. The Hall–Kier alpha value is -2.74. The van der Waals surface area contributed by atoms with Crippen LogP contribution in [0.25, 0.3) is 11.8 Å². The van der Waals surface area contributed by atoms with Gasteiger partial charge in [-0.2, -0.15) is 0 Å². The summed E-state index contributed by atoms with van der Waals surface area (Å²) in [6, 6.07) is 15.0. The van der Waals surface area contributed by atoms with Crippen molar-refractivity contribution >= 4 is 68.4 Å². The van der Waals surface area contributed by atoms with Gasteiger partial charge in [-0.05, 0) is 96.5 Å². The molecule has 1 aliphatic rings. The van der Waals surface area contributed by atoms with Gasteiger partial charge in [-0.1, -0.05) is 29.8 Å². The molecule has 1 saturated heterocycles. The van der Waals surface area contributed by atoms with Gasteiger partial charge in [0.15, 0.2) is 5.11 Å². The van der Waals surface area contributed by atoms with Gasteiger partial charge in [-0.3, -0.25) is 19.8 Å². The van der Waals surface area contributed by atoms with Gasteiger partial charge in [-0.25, -0.2) is 0 Å². The third-order valence-electron chi connectivity index (χ3n) is 5.39. The molecule has 2 amide bonds. The Bertz CT molecular complexity index is 1330. The predicted octanol–water partition coefficient (Wildman–Crippen LogP) is 5.65. The monoisotopic (exact) mass is 527 g/mol. The maximum Gasteiger partial charge on any atom is 0.270 e. The average Bonchev–Trinajstić information content (AvgIpc) is 3.01. The van der Waals surface area contributed by atoms with E-state index in [4.69, 9.17) is 23.8 Å². The highest BCUT2D eigenvalue weighted by atomic mass is 79.9. The maximum atomic E-state index is 13.3. The molecule has 1 N–H and O–H groups in total. The first-order valence-electron chi connectivity index (χ1n) is 9.80. The van der Waals surface area contributed by atoms with Crippen molar-refractivity contribution in [2.45, 2.75) is 20.8 Å². The zero-order chi connectivity index (χ0) is 23.2. The molecule has 1 fully saturated rings. The highest BCUT2D eigenvalue weighted by Gasteiger charge is 2.35. The van der Waals surface area contributed by atoms with Crippen LogP contribution in [0.4, 0.5) is 5.69 Å². The Morgan fingerprint density at radius 3 is 2.47 bits per heavy atom. The number of carbonyl (C=O) groups is 2. The molecule has 162 valence electrons. The molecule has 0 bridgehead atoms. The van der Waals surface area contributed by atoms with Crippen molar-refractivity contribution in [2.24, 2.45) is 0 Å². The lowest BCUT2D eigenvalue weighted by Gasteiger charge is -2.30. The molecule has 1 aliphatic heterocycles. The SMILES string of the molecule is Cc1ccccc1N1C(=O)/C(=C/c2cc(C)n(-c3ccc(Br)c(Cl)c3)c2C)C(=O)NC1=S. The summed E-state index contributed by atoms with van der Waals surface area (Å²) in [5.41, 5.74) is 5.02. The minimum absolute atomic E-state index is 0.0240. The number of hydrogen-bond acceptors (Lipinski definition) is 3. The van der Waals surface area contributed by atoms with Crippen molar-refractivity contribution in [1.82, 2.24) is 9.88 Å². The molecule has 0 aliphatic carbocycles. The maximum absolute atomic E-state index is 13.3. The Morgan fingerprint density at radius 1 is 1.06 bits per heavy atom. The third-order valence-corrected chi connectivity index (χ3v) is 6.91. The minimum atomic E-state index is -0.513. The predicted molar refractivity (Wildman–Crippen MR) is 135 cm³/mol. The molecule has 0 spiro atoms. The van der Waals surface area contributed by atoms with Crippen LogP contribution in [-0.2, 0) is 9.59 Å². The number of hydrogen-bond donors (Lipinski definition) is 1. The highest BCUT2D eigenvalue weighted by Crippen LogP contribution is 2.30. The zero-order valence-electron chi connectivity index (χ0n) is 17.6. The Morgan fingerprint density at radius 2 is 1.78 bits per heavy atom. The van der Waals surface area contributed by atoms with Gasteiger partial charge < -0.3 is 4.57 Å². The summed E-state index contributed by atoms with van der Waals surface area (Å²) in [5.74, 6) is -0.967. The van der Waals surface area contributed by atoms with E-state index in [1.807, 2.05) is 67.8 Å². The summed E-state index contributed by atoms with van der Waals surface area (Å²) in [4.78, 5) is 27.4. The van der Waals surface area contributed by atoms with Crippen molar-refractivity contribution in [3.05, 3.63) is 86.1 Å². The first kappa shape index (κ1) is 22.5. The Balaban J connectivity index is 1.78. The van der Waals surface area contributed by atoms with Crippen molar-refractivity contribution < 1.29 is 9.59 Å². The molecule has 4 rings (SSSR count). The summed E-state index contributed by atoms with van der Waals surface area (Å²) in [5, 5.41) is 3.31. The molecule has 0 atom stereocenters. The van der Waals surface area contributed by atoms with E-state index in [1.54, 1.807) is 12.1 Å². The largest absolute Gasteiger partial charge is 0.318 e. The van der Waals surface area contributed by atoms with E-state index in [1.165, 1.54) is 4.90 Å². The van der Waals surface area contributed by atoms with Crippen LogP contribution in [0.3, 0.4) is 0 Å². The molecular weight excluding hydrogens is 510 g/mol. The van der Waals surface area contributed by atoms with Crippen LogP contribution in [0.2, 0.25) is 5.02 Å². The van der Waals surface area contributed by atoms with Crippen LogP contribution in [0, 0.1) is 20.8 Å². The molecule has 0 saturated carbocycles. The van der Waals surface area contributed by atoms with E-state index in [-0.39, 0.29) is 10.7 Å². The second kappa shape index (κ2) is 8.65. The Labute approximate surface area is 204 Å². The number of para-hydroxylation sites is 1. The summed E-state index contributed by atoms with van der Waals surface area (Å²) in [7, 11) is 0. The fraction of sp³-hybridized carbons (Fsp3) is 0.125. The number of aryl methyl sites for hydroxylation is 2. The van der Waals surface area contributed by atoms with Gasteiger partial charge in [0.05, 0.1) is 10.7 Å². The fourth-order valence-electron chi connectivity index (χ4n) is 3.80. The normalized spacial score (nSPS) is 15.5. The van der Waals surface area contributed by atoms with Gasteiger partial charge in [0.1, 0.15) is 5.57 Å². The van der Waals surface area contributed by atoms with Crippen LogP contribution in [0.15, 0.2) is 58.6 Å². The van der Waals surface area contributed by atoms with Crippen LogP contribution in [0.1, 0.15) is 22.5 Å². The van der Waals surface area contributed by atoms with E-state index in [0.717, 1.165) is 32.7 Å². The van der Waals surface area contributed by atoms with Crippen molar-refractivity contribution in [2.75, 3.05) is 4.90 Å². The first-order valence-corrected chi connectivity index (χ1v) is 11.4. The van der Waals surface area contributed by atoms with Gasteiger partial charge in [-0.15, -0.1) is 0 Å². The molecule has 3 aromatic rings. The molecule has 1 aromatic heterocycles. The lowest BCUT2D eigenvalue weighted by molar-refractivity contribution is -0.122. The number of rotatable bonds is 3. The van der Waals surface area contributed by atoms with Gasteiger partial charge in [0.2, 0.25) is 0 Å². The van der Waals surface area contributed by atoms with Crippen LogP contribution in [0.5, 0.6) is 0 Å². The molecule has 2 aromatic carbocycles. The zero-order valence-corrected chi connectivity index (χ0v) is 20.7.